The molecule has 0 aliphatic heterocycles. The van der Waals surface area contributed by atoms with Gasteiger partial charge in [-0.3, -0.25) is 9.59 Å². The second-order valence-electron chi connectivity index (χ2n) is 17.2. The molecule has 0 aliphatic carbocycles. The van der Waals surface area contributed by atoms with E-state index in [4.69, 9.17) is 4.74 Å². The van der Waals surface area contributed by atoms with Crippen LogP contribution in [0.3, 0.4) is 0 Å². The number of aliphatic hydroxyl groups excluding tert-OH is 2. The number of esters is 1. The van der Waals surface area contributed by atoms with Crippen LogP contribution in [0.25, 0.3) is 0 Å². The fourth-order valence-corrected chi connectivity index (χ4v) is 7.78. The summed E-state index contributed by atoms with van der Waals surface area (Å²) in [7, 11) is 0. The molecule has 0 heterocycles. The van der Waals surface area contributed by atoms with Gasteiger partial charge in [0.05, 0.1) is 25.2 Å². The monoisotopic (exact) mass is 792 g/mol. The van der Waals surface area contributed by atoms with E-state index in [-0.39, 0.29) is 24.9 Å². The summed E-state index contributed by atoms with van der Waals surface area (Å²) in [6.07, 6.45) is 48.4. The van der Waals surface area contributed by atoms with Crippen molar-refractivity contribution in [2.45, 2.75) is 289 Å². The van der Waals surface area contributed by atoms with Crippen molar-refractivity contribution in [1.29, 1.82) is 0 Å². The predicted molar refractivity (Wildman–Crippen MR) is 241 cm³/mol. The summed E-state index contributed by atoms with van der Waals surface area (Å²) in [5.41, 5.74) is 0. The lowest BCUT2D eigenvalue weighted by Gasteiger charge is -2.24. The number of allylic oxidation sites excluding steroid dienone is 2. The first-order valence-electron chi connectivity index (χ1n) is 24.9. The molecular weight excluding hydrogens is 695 g/mol. The molecule has 0 rings (SSSR count). The maximum atomic E-state index is 13.2. The summed E-state index contributed by atoms with van der Waals surface area (Å²) in [6, 6.07) is -0.698. The van der Waals surface area contributed by atoms with Crippen LogP contribution >= 0.6 is 0 Å². The standard InChI is InChI=1S/C50H97NO5/c1-4-7-10-13-16-19-22-24-26-27-29-32-35-38-41-46(56-50(55)43-40-37-34-31-21-18-15-12-9-6-3)44-49(54)51-47(45-52)48(53)42-39-36-33-30-28-25-23-20-17-14-11-8-5-2/h26-27,46-48,52-53H,4-25,28-45H2,1-3H3,(H,51,54)/b27-26+. The maximum Gasteiger partial charge on any atom is 0.306 e. The largest absolute Gasteiger partial charge is 0.462 e. The first-order chi connectivity index (χ1) is 27.5. The van der Waals surface area contributed by atoms with Crippen molar-refractivity contribution in [1.82, 2.24) is 5.32 Å². The molecule has 0 bridgehead atoms. The van der Waals surface area contributed by atoms with Gasteiger partial charge in [0.1, 0.15) is 6.10 Å². The number of aliphatic hydroxyl groups is 2. The molecule has 3 unspecified atom stereocenters. The van der Waals surface area contributed by atoms with E-state index < -0.39 is 18.2 Å². The molecule has 3 atom stereocenters. The van der Waals surface area contributed by atoms with Gasteiger partial charge in [0, 0.05) is 6.42 Å². The van der Waals surface area contributed by atoms with E-state index in [0.29, 0.717) is 19.3 Å². The molecule has 6 heteroatoms. The minimum atomic E-state index is -0.784. The van der Waals surface area contributed by atoms with E-state index in [1.54, 1.807) is 0 Å². The Labute approximate surface area is 349 Å². The third-order valence-electron chi connectivity index (χ3n) is 11.6. The smallest absolute Gasteiger partial charge is 0.306 e. The van der Waals surface area contributed by atoms with Gasteiger partial charge in [-0.05, 0) is 51.4 Å². The lowest BCUT2D eigenvalue weighted by atomic mass is 10.0. The molecule has 0 aromatic rings. The fraction of sp³-hybridized carbons (Fsp3) is 0.920. The highest BCUT2D eigenvalue weighted by atomic mass is 16.5. The van der Waals surface area contributed by atoms with Crippen LogP contribution in [0.4, 0.5) is 0 Å². The van der Waals surface area contributed by atoms with Gasteiger partial charge in [0.25, 0.3) is 0 Å². The molecule has 1 amide bonds. The number of hydrogen-bond acceptors (Lipinski definition) is 5. The third kappa shape index (κ3) is 39.4. The van der Waals surface area contributed by atoms with Crippen molar-refractivity contribution in [2.24, 2.45) is 0 Å². The van der Waals surface area contributed by atoms with Crippen LogP contribution in [-0.2, 0) is 14.3 Å². The van der Waals surface area contributed by atoms with Crippen molar-refractivity contribution < 1.29 is 24.5 Å². The number of carbonyl (C=O) groups is 2. The molecule has 0 saturated carbocycles. The SMILES string of the molecule is CCCCCCCCC/C=C/CCCCCC(CC(=O)NC(CO)C(O)CCCCCCCCCCCCCCC)OC(=O)CCCCCCCCCCCC. The van der Waals surface area contributed by atoms with Crippen molar-refractivity contribution in [3.8, 4) is 0 Å². The van der Waals surface area contributed by atoms with Crippen molar-refractivity contribution >= 4 is 11.9 Å². The molecule has 0 fully saturated rings. The molecule has 56 heavy (non-hydrogen) atoms. The average molecular weight is 792 g/mol. The van der Waals surface area contributed by atoms with Crippen LogP contribution in [0.5, 0.6) is 0 Å². The third-order valence-corrected chi connectivity index (χ3v) is 11.6. The molecule has 0 saturated heterocycles. The molecule has 6 nitrogen and oxygen atoms in total. The number of hydrogen-bond donors (Lipinski definition) is 3. The molecule has 0 spiro atoms. The Kier molecular flexibility index (Phi) is 43.6. The molecule has 0 aromatic heterocycles. The van der Waals surface area contributed by atoms with E-state index >= 15 is 0 Å². The van der Waals surface area contributed by atoms with Crippen LogP contribution in [-0.4, -0.2) is 46.9 Å². The lowest BCUT2D eigenvalue weighted by Crippen LogP contribution is -2.46. The summed E-state index contributed by atoms with van der Waals surface area (Å²) < 4.78 is 5.91. The van der Waals surface area contributed by atoms with Gasteiger partial charge in [-0.25, -0.2) is 0 Å². The molecule has 0 aromatic carbocycles. The highest BCUT2D eigenvalue weighted by molar-refractivity contribution is 5.77. The van der Waals surface area contributed by atoms with Crippen molar-refractivity contribution in [3.05, 3.63) is 12.2 Å². The maximum absolute atomic E-state index is 13.2. The Bertz CT molecular complexity index is 847. The summed E-state index contributed by atoms with van der Waals surface area (Å²) in [5.74, 6) is -0.477. The van der Waals surface area contributed by atoms with E-state index in [0.717, 1.165) is 57.8 Å². The number of nitrogens with one attached hydrogen (secondary N) is 1. The predicted octanol–water partition coefficient (Wildman–Crippen LogP) is 14.6. The first kappa shape index (κ1) is 54.6. The fourth-order valence-electron chi connectivity index (χ4n) is 7.78. The Morgan fingerprint density at radius 1 is 0.500 bits per heavy atom. The number of amides is 1. The summed E-state index contributed by atoms with van der Waals surface area (Å²) in [6.45, 7) is 6.48. The lowest BCUT2D eigenvalue weighted by molar-refractivity contribution is -0.151. The summed E-state index contributed by atoms with van der Waals surface area (Å²) in [4.78, 5) is 26.0. The van der Waals surface area contributed by atoms with Gasteiger partial charge in [-0.15, -0.1) is 0 Å². The molecule has 0 aliphatic rings. The zero-order chi connectivity index (χ0) is 41.0. The van der Waals surface area contributed by atoms with Crippen LogP contribution in [0, 0.1) is 0 Å². The van der Waals surface area contributed by atoms with Gasteiger partial charge < -0.3 is 20.3 Å². The van der Waals surface area contributed by atoms with Crippen molar-refractivity contribution in [2.75, 3.05) is 6.61 Å². The van der Waals surface area contributed by atoms with Gasteiger partial charge in [0.15, 0.2) is 0 Å². The normalized spacial score (nSPS) is 13.3. The average Bonchev–Trinajstić information content (AvgIpc) is 3.19. The molecular formula is C50H97NO5. The Morgan fingerprint density at radius 2 is 0.857 bits per heavy atom. The van der Waals surface area contributed by atoms with Crippen LogP contribution in [0.15, 0.2) is 12.2 Å². The minimum Gasteiger partial charge on any atom is -0.462 e. The van der Waals surface area contributed by atoms with E-state index in [9.17, 15) is 19.8 Å². The van der Waals surface area contributed by atoms with E-state index in [2.05, 4.69) is 38.2 Å². The van der Waals surface area contributed by atoms with Crippen LogP contribution < -0.4 is 5.32 Å². The Hall–Kier alpha value is -1.40. The summed E-state index contributed by atoms with van der Waals surface area (Å²) in [5, 5.41) is 23.7. The first-order valence-corrected chi connectivity index (χ1v) is 24.9. The number of rotatable bonds is 45. The van der Waals surface area contributed by atoms with Crippen LogP contribution in [0.1, 0.15) is 271 Å². The minimum absolute atomic E-state index is 0.0735. The van der Waals surface area contributed by atoms with Gasteiger partial charge in [-0.1, -0.05) is 219 Å². The Morgan fingerprint density at radius 3 is 1.29 bits per heavy atom. The van der Waals surface area contributed by atoms with Crippen molar-refractivity contribution in [3.63, 3.8) is 0 Å². The molecule has 0 radical (unpaired) electrons. The summed E-state index contributed by atoms with van der Waals surface area (Å²) >= 11 is 0. The number of ether oxygens (including phenoxy) is 1. The zero-order valence-electron chi connectivity index (χ0n) is 37.8. The van der Waals surface area contributed by atoms with Gasteiger partial charge >= 0.3 is 5.97 Å². The highest BCUT2D eigenvalue weighted by Crippen LogP contribution is 2.18. The van der Waals surface area contributed by atoms with Gasteiger partial charge in [0.2, 0.25) is 5.91 Å². The van der Waals surface area contributed by atoms with E-state index in [1.807, 2.05) is 0 Å². The molecule has 332 valence electrons. The second kappa shape index (κ2) is 44.7. The Balaban J connectivity index is 4.55. The second-order valence-corrected chi connectivity index (χ2v) is 17.2. The quantitative estimate of drug-likeness (QED) is 0.0324. The molecule has 3 N–H and O–H groups in total. The van der Waals surface area contributed by atoms with E-state index in [1.165, 1.54) is 167 Å². The number of unbranched alkanes of at least 4 members (excludes halogenated alkanes) is 31. The topological polar surface area (TPSA) is 95.9 Å². The van der Waals surface area contributed by atoms with Crippen LogP contribution in [0.2, 0.25) is 0 Å². The highest BCUT2D eigenvalue weighted by Gasteiger charge is 2.24. The van der Waals surface area contributed by atoms with Gasteiger partial charge in [-0.2, -0.15) is 0 Å². The zero-order valence-corrected chi connectivity index (χ0v) is 37.8. The number of carbonyl (C=O) groups excluding carboxylic acids is 2.